The van der Waals surface area contributed by atoms with Gasteiger partial charge < -0.3 is 9.84 Å². The molecule has 0 radical (unpaired) electrons. The summed E-state index contributed by atoms with van der Waals surface area (Å²) in [5.74, 6) is 0.0978. The van der Waals surface area contributed by atoms with Crippen molar-refractivity contribution in [3.8, 4) is 0 Å². The van der Waals surface area contributed by atoms with Crippen LogP contribution in [0.4, 0.5) is 0 Å². The average molecular weight is 234 g/mol. The number of aliphatic hydroxyl groups excluding tert-OH is 1. The zero-order valence-electron chi connectivity index (χ0n) is 10.1. The highest BCUT2D eigenvalue weighted by atomic mass is 16.5. The van der Waals surface area contributed by atoms with Gasteiger partial charge in [-0.15, -0.1) is 0 Å². The van der Waals surface area contributed by atoms with Crippen LogP contribution in [0.15, 0.2) is 24.3 Å². The maximum atomic E-state index is 11.5. The number of hydrogen-bond acceptors (Lipinski definition) is 3. The predicted octanol–water partition coefficient (Wildman–Crippen LogP) is 2.35. The summed E-state index contributed by atoms with van der Waals surface area (Å²) in [6.45, 7) is 2.88. The Balaban J connectivity index is 2.23. The van der Waals surface area contributed by atoms with Crippen LogP contribution in [0.25, 0.3) is 0 Å². The van der Waals surface area contributed by atoms with E-state index in [1.807, 2.05) is 18.2 Å². The highest BCUT2D eigenvalue weighted by molar-refractivity contribution is 5.95. The monoisotopic (exact) mass is 234 g/mol. The molecule has 2 rings (SSSR count). The van der Waals surface area contributed by atoms with Crippen LogP contribution in [0.3, 0.4) is 0 Å². The smallest absolute Gasteiger partial charge is 0.160 e. The molecule has 3 nitrogen and oxygen atoms in total. The summed E-state index contributed by atoms with van der Waals surface area (Å²) in [4.78, 5) is 11.5. The SMILES string of the molecule is CC(=O)c1ccccc1C(O)C1CCCOC1. The number of ketones is 1. The second-order valence-corrected chi connectivity index (χ2v) is 4.57. The van der Waals surface area contributed by atoms with Gasteiger partial charge in [-0.2, -0.15) is 0 Å². The fourth-order valence-electron chi connectivity index (χ4n) is 2.34. The minimum Gasteiger partial charge on any atom is -0.388 e. The number of benzene rings is 1. The van der Waals surface area contributed by atoms with Crippen molar-refractivity contribution < 1.29 is 14.6 Å². The molecule has 1 aromatic carbocycles. The van der Waals surface area contributed by atoms with Crippen molar-refractivity contribution in [2.45, 2.75) is 25.9 Å². The van der Waals surface area contributed by atoms with Crippen LogP contribution in [0.5, 0.6) is 0 Å². The van der Waals surface area contributed by atoms with E-state index >= 15 is 0 Å². The number of aliphatic hydroxyl groups is 1. The summed E-state index contributed by atoms with van der Waals surface area (Å²) in [7, 11) is 0. The number of ether oxygens (including phenoxy) is 1. The van der Waals surface area contributed by atoms with E-state index < -0.39 is 6.10 Å². The molecule has 2 atom stereocenters. The molecule has 1 aliphatic rings. The van der Waals surface area contributed by atoms with Gasteiger partial charge in [0.25, 0.3) is 0 Å². The van der Waals surface area contributed by atoms with Crippen molar-refractivity contribution in [2.75, 3.05) is 13.2 Å². The second kappa shape index (κ2) is 5.43. The van der Waals surface area contributed by atoms with Gasteiger partial charge >= 0.3 is 0 Å². The minimum absolute atomic E-state index is 0.00335. The van der Waals surface area contributed by atoms with Crippen LogP contribution < -0.4 is 0 Å². The zero-order valence-corrected chi connectivity index (χ0v) is 10.1. The third kappa shape index (κ3) is 2.73. The summed E-state index contributed by atoms with van der Waals surface area (Å²) in [6, 6.07) is 7.28. The number of hydrogen-bond donors (Lipinski definition) is 1. The van der Waals surface area contributed by atoms with E-state index in [2.05, 4.69) is 0 Å². The Morgan fingerprint density at radius 3 is 2.88 bits per heavy atom. The molecule has 0 aliphatic carbocycles. The molecule has 0 aromatic heterocycles. The van der Waals surface area contributed by atoms with Gasteiger partial charge in [-0.3, -0.25) is 4.79 Å². The highest BCUT2D eigenvalue weighted by Gasteiger charge is 2.26. The molecule has 1 N–H and O–H groups in total. The standard InChI is InChI=1S/C14H18O3/c1-10(15)12-6-2-3-7-13(12)14(16)11-5-4-8-17-9-11/h2-3,6-7,11,14,16H,4-5,8-9H2,1H3. The Hall–Kier alpha value is -1.19. The van der Waals surface area contributed by atoms with E-state index in [0.29, 0.717) is 12.2 Å². The van der Waals surface area contributed by atoms with Crippen molar-refractivity contribution in [1.82, 2.24) is 0 Å². The molecule has 0 bridgehead atoms. The lowest BCUT2D eigenvalue weighted by atomic mass is 9.88. The largest absolute Gasteiger partial charge is 0.388 e. The Morgan fingerprint density at radius 1 is 1.47 bits per heavy atom. The summed E-state index contributed by atoms with van der Waals surface area (Å²) < 4.78 is 5.38. The molecule has 3 heteroatoms. The first kappa shape index (κ1) is 12.3. The van der Waals surface area contributed by atoms with E-state index in [1.165, 1.54) is 6.92 Å². The number of Topliss-reactive ketones (excluding diaryl/α,β-unsaturated/α-hetero) is 1. The average Bonchev–Trinajstić information content (AvgIpc) is 2.39. The molecule has 1 aliphatic heterocycles. The van der Waals surface area contributed by atoms with Gasteiger partial charge in [0.15, 0.2) is 5.78 Å². The molecule has 1 aromatic rings. The topological polar surface area (TPSA) is 46.5 Å². The second-order valence-electron chi connectivity index (χ2n) is 4.57. The summed E-state index contributed by atoms with van der Waals surface area (Å²) >= 11 is 0. The van der Waals surface area contributed by atoms with Crippen molar-refractivity contribution >= 4 is 5.78 Å². The quantitative estimate of drug-likeness (QED) is 0.817. The van der Waals surface area contributed by atoms with Gasteiger partial charge in [-0.1, -0.05) is 24.3 Å². The van der Waals surface area contributed by atoms with Crippen molar-refractivity contribution in [3.63, 3.8) is 0 Å². The molecule has 1 fully saturated rings. The minimum atomic E-state index is -0.601. The van der Waals surface area contributed by atoms with Crippen LogP contribution in [-0.4, -0.2) is 24.1 Å². The molecule has 1 heterocycles. The first-order valence-electron chi connectivity index (χ1n) is 6.06. The van der Waals surface area contributed by atoms with E-state index in [0.717, 1.165) is 25.0 Å². The zero-order chi connectivity index (χ0) is 12.3. The lowest BCUT2D eigenvalue weighted by molar-refractivity contribution is -0.0102. The summed E-state index contributed by atoms with van der Waals surface area (Å²) in [5.41, 5.74) is 1.35. The first-order valence-corrected chi connectivity index (χ1v) is 6.06. The van der Waals surface area contributed by atoms with E-state index in [9.17, 15) is 9.90 Å². The molecular formula is C14H18O3. The Labute approximate surface area is 101 Å². The molecule has 0 amide bonds. The van der Waals surface area contributed by atoms with Crippen LogP contribution in [0.1, 0.15) is 41.8 Å². The molecular weight excluding hydrogens is 216 g/mol. The third-order valence-corrected chi connectivity index (χ3v) is 3.30. The summed E-state index contributed by atoms with van der Waals surface area (Å²) in [5, 5.41) is 10.3. The van der Waals surface area contributed by atoms with Crippen molar-refractivity contribution in [2.24, 2.45) is 5.92 Å². The maximum Gasteiger partial charge on any atom is 0.160 e. The normalized spacial score (nSPS) is 22.1. The van der Waals surface area contributed by atoms with Crippen LogP contribution >= 0.6 is 0 Å². The van der Waals surface area contributed by atoms with Crippen molar-refractivity contribution in [1.29, 1.82) is 0 Å². The Bertz CT molecular complexity index is 394. The summed E-state index contributed by atoms with van der Waals surface area (Å²) in [6.07, 6.45) is 1.33. The van der Waals surface area contributed by atoms with E-state index in [4.69, 9.17) is 4.74 Å². The van der Waals surface area contributed by atoms with Gasteiger partial charge in [0, 0.05) is 18.1 Å². The molecule has 0 spiro atoms. The Morgan fingerprint density at radius 2 is 2.24 bits per heavy atom. The van der Waals surface area contributed by atoms with E-state index in [-0.39, 0.29) is 11.7 Å². The number of carbonyl (C=O) groups excluding carboxylic acids is 1. The fraction of sp³-hybridized carbons (Fsp3) is 0.500. The molecule has 17 heavy (non-hydrogen) atoms. The van der Waals surface area contributed by atoms with Gasteiger partial charge in [0.1, 0.15) is 0 Å². The van der Waals surface area contributed by atoms with E-state index in [1.54, 1.807) is 6.07 Å². The molecule has 92 valence electrons. The molecule has 2 unspecified atom stereocenters. The molecule has 0 saturated carbocycles. The van der Waals surface area contributed by atoms with Gasteiger partial charge in [-0.05, 0) is 25.3 Å². The first-order chi connectivity index (χ1) is 8.20. The fourth-order valence-corrected chi connectivity index (χ4v) is 2.34. The predicted molar refractivity (Wildman–Crippen MR) is 64.9 cm³/mol. The molecule has 1 saturated heterocycles. The number of rotatable bonds is 3. The van der Waals surface area contributed by atoms with Gasteiger partial charge in [0.2, 0.25) is 0 Å². The highest BCUT2D eigenvalue weighted by Crippen LogP contribution is 2.30. The van der Waals surface area contributed by atoms with Gasteiger partial charge in [0.05, 0.1) is 12.7 Å². The lowest BCUT2D eigenvalue weighted by Gasteiger charge is -2.27. The maximum absolute atomic E-state index is 11.5. The van der Waals surface area contributed by atoms with Crippen LogP contribution in [-0.2, 0) is 4.74 Å². The van der Waals surface area contributed by atoms with Gasteiger partial charge in [-0.25, -0.2) is 0 Å². The van der Waals surface area contributed by atoms with Crippen molar-refractivity contribution in [3.05, 3.63) is 35.4 Å². The van der Waals surface area contributed by atoms with Crippen LogP contribution in [0.2, 0.25) is 0 Å². The van der Waals surface area contributed by atoms with Crippen LogP contribution in [0, 0.1) is 5.92 Å². The number of carbonyl (C=O) groups is 1. The Kier molecular flexibility index (Phi) is 3.92. The lowest BCUT2D eigenvalue weighted by Crippen LogP contribution is -2.24. The third-order valence-electron chi connectivity index (χ3n) is 3.30.